The Balaban J connectivity index is 2.42. The Morgan fingerprint density at radius 3 is 3.08 bits per heavy atom. The van der Waals surface area contributed by atoms with E-state index in [4.69, 9.17) is 5.73 Å². The zero-order valence-electron chi connectivity index (χ0n) is 8.16. The molecule has 1 aliphatic heterocycles. The predicted octanol–water partition coefficient (Wildman–Crippen LogP) is 0.689. The molecule has 1 rings (SSSR count). The molecule has 0 spiro atoms. The molecule has 1 unspecified atom stereocenters. The number of rotatable bonds is 2. The van der Waals surface area contributed by atoms with Crippen molar-refractivity contribution in [1.82, 2.24) is 4.90 Å². The van der Waals surface area contributed by atoms with Gasteiger partial charge in [-0.25, -0.2) is 0 Å². The topological polar surface area (TPSA) is 46.3 Å². The van der Waals surface area contributed by atoms with Crippen LogP contribution in [-0.2, 0) is 4.79 Å². The maximum atomic E-state index is 11.5. The molecule has 3 nitrogen and oxygen atoms in total. The number of thioether (sulfide) groups is 1. The molecule has 0 aliphatic carbocycles. The molecule has 0 aromatic heterocycles. The Bertz CT molecular complexity index is 175. The van der Waals surface area contributed by atoms with Crippen molar-refractivity contribution in [3.8, 4) is 0 Å². The minimum absolute atomic E-state index is 0.188. The molecule has 1 fully saturated rings. The zero-order valence-corrected chi connectivity index (χ0v) is 8.98. The summed E-state index contributed by atoms with van der Waals surface area (Å²) < 4.78 is 0. The van der Waals surface area contributed by atoms with E-state index in [-0.39, 0.29) is 11.9 Å². The highest BCUT2D eigenvalue weighted by atomic mass is 32.2. The molecule has 1 atom stereocenters. The Morgan fingerprint density at radius 2 is 2.38 bits per heavy atom. The molecule has 76 valence electrons. The number of carbonyl (C=O) groups excluding carboxylic acids is 1. The first-order valence-electron chi connectivity index (χ1n) is 4.76. The monoisotopic (exact) mass is 202 g/mol. The zero-order chi connectivity index (χ0) is 9.68. The molecule has 1 amide bonds. The van der Waals surface area contributed by atoms with Crippen LogP contribution >= 0.6 is 11.8 Å². The van der Waals surface area contributed by atoms with Crippen molar-refractivity contribution >= 4 is 17.7 Å². The van der Waals surface area contributed by atoms with Crippen LogP contribution < -0.4 is 5.73 Å². The van der Waals surface area contributed by atoms with Crippen LogP contribution in [0.25, 0.3) is 0 Å². The van der Waals surface area contributed by atoms with Gasteiger partial charge in [0.2, 0.25) is 5.91 Å². The summed E-state index contributed by atoms with van der Waals surface area (Å²) >= 11 is 1.58. The van der Waals surface area contributed by atoms with Gasteiger partial charge in [-0.15, -0.1) is 0 Å². The highest BCUT2D eigenvalue weighted by Crippen LogP contribution is 2.10. The van der Waals surface area contributed by atoms with E-state index >= 15 is 0 Å². The third-order valence-electron chi connectivity index (χ3n) is 2.33. The SMILES string of the molecule is CSCC(=O)N1CCCCC(N)C1. The Kier molecular flexibility index (Phi) is 4.59. The van der Waals surface area contributed by atoms with Crippen molar-refractivity contribution in [2.75, 3.05) is 25.1 Å². The maximum Gasteiger partial charge on any atom is 0.232 e. The van der Waals surface area contributed by atoms with Gasteiger partial charge in [-0.1, -0.05) is 6.42 Å². The van der Waals surface area contributed by atoms with Gasteiger partial charge in [-0.3, -0.25) is 4.79 Å². The molecular weight excluding hydrogens is 184 g/mol. The summed E-state index contributed by atoms with van der Waals surface area (Å²) in [4.78, 5) is 13.5. The number of likely N-dealkylation sites (tertiary alicyclic amines) is 1. The predicted molar refractivity (Wildman–Crippen MR) is 56.8 cm³/mol. The van der Waals surface area contributed by atoms with Gasteiger partial charge >= 0.3 is 0 Å². The van der Waals surface area contributed by atoms with Gasteiger partial charge in [0.15, 0.2) is 0 Å². The van der Waals surface area contributed by atoms with Crippen molar-refractivity contribution in [3.63, 3.8) is 0 Å². The first-order chi connectivity index (χ1) is 6.24. The van der Waals surface area contributed by atoms with E-state index in [1.165, 1.54) is 0 Å². The van der Waals surface area contributed by atoms with Crippen LogP contribution in [0.3, 0.4) is 0 Å². The van der Waals surface area contributed by atoms with E-state index in [0.29, 0.717) is 5.75 Å². The molecule has 2 N–H and O–H groups in total. The van der Waals surface area contributed by atoms with E-state index in [9.17, 15) is 4.79 Å². The second-order valence-corrected chi connectivity index (χ2v) is 4.39. The normalized spacial score (nSPS) is 24.2. The molecule has 0 aromatic carbocycles. The Hall–Kier alpha value is -0.220. The molecule has 1 heterocycles. The number of nitrogens with zero attached hydrogens (tertiary/aromatic N) is 1. The summed E-state index contributed by atoms with van der Waals surface area (Å²) in [5, 5.41) is 0. The van der Waals surface area contributed by atoms with Crippen molar-refractivity contribution in [3.05, 3.63) is 0 Å². The van der Waals surface area contributed by atoms with Crippen molar-refractivity contribution in [2.24, 2.45) is 5.73 Å². The first kappa shape index (κ1) is 10.9. The highest BCUT2D eigenvalue weighted by molar-refractivity contribution is 7.99. The van der Waals surface area contributed by atoms with E-state index in [0.717, 1.165) is 32.4 Å². The van der Waals surface area contributed by atoms with Crippen molar-refractivity contribution < 1.29 is 4.79 Å². The molecule has 1 aliphatic rings. The van der Waals surface area contributed by atoms with E-state index in [1.807, 2.05) is 11.2 Å². The van der Waals surface area contributed by atoms with E-state index in [2.05, 4.69) is 0 Å². The van der Waals surface area contributed by atoms with Crippen LogP contribution in [0.5, 0.6) is 0 Å². The first-order valence-corrected chi connectivity index (χ1v) is 6.15. The standard InChI is InChI=1S/C9H18N2OS/c1-13-7-9(12)11-5-3-2-4-8(10)6-11/h8H,2-7,10H2,1H3. The molecule has 0 bridgehead atoms. The number of hydrogen-bond donors (Lipinski definition) is 1. The summed E-state index contributed by atoms with van der Waals surface area (Å²) in [5.41, 5.74) is 5.86. The lowest BCUT2D eigenvalue weighted by molar-refractivity contribution is -0.128. The van der Waals surface area contributed by atoms with Crippen LogP contribution in [0, 0.1) is 0 Å². The minimum atomic E-state index is 0.188. The number of amides is 1. The molecular formula is C9H18N2OS. The second-order valence-electron chi connectivity index (χ2n) is 3.53. The van der Waals surface area contributed by atoms with Crippen molar-refractivity contribution in [1.29, 1.82) is 0 Å². The molecule has 4 heteroatoms. The second kappa shape index (κ2) is 5.50. The Morgan fingerprint density at radius 1 is 1.62 bits per heavy atom. The van der Waals surface area contributed by atoms with Crippen LogP contribution in [0.2, 0.25) is 0 Å². The number of carbonyl (C=O) groups is 1. The summed E-state index contributed by atoms with van der Waals surface area (Å²) in [6, 6.07) is 0.188. The molecule has 0 saturated carbocycles. The Labute approximate surface area is 84.0 Å². The summed E-state index contributed by atoms with van der Waals surface area (Å²) in [6.45, 7) is 1.65. The van der Waals surface area contributed by atoms with Crippen LogP contribution in [0.15, 0.2) is 0 Å². The molecule has 0 radical (unpaired) electrons. The lowest BCUT2D eigenvalue weighted by atomic mass is 10.2. The third kappa shape index (κ3) is 3.56. The van der Waals surface area contributed by atoms with Crippen LogP contribution in [0.4, 0.5) is 0 Å². The fraction of sp³-hybridized carbons (Fsp3) is 0.889. The van der Waals surface area contributed by atoms with E-state index in [1.54, 1.807) is 11.8 Å². The fourth-order valence-electron chi connectivity index (χ4n) is 1.62. The van der Waals surface area contributed by atoms with Gasteiger partial charge in [0.25, 0.3) is 0 Å². The smallest absolute Gasteiger partial charge is 0.232 e. The number of hydrogen-bond acceptors (Lipinski definition) is 3. The highest BCUT2D eigenvalue weighted by Gasteiger charge is 2.18. The lowest BCUT2D eigenvalue weighted by Crippen LogP contribution is -2.40. The van der Waals surface area contributed by atoms with Gasteiger partial charge in [0.05, 0.1) is 5.75 Å². The van der Waals surface area contributed by atoms with Gasteiger partial charge in [-0.2, -0.15) is 11.8 Å². The van der Waals surface area contributed by atoms with Crippen LogP contribution in [0.1, 0.15) is 19.3 Å². The summed E-state index contributed by atoms with van der Waals surface area (Å²) in [6.07, 6.45) is 5.27. The average molecular weight is 202 g/mol. The summed E-state index contributed by atoms with van der Waals surface area (Å²) in [7, 11) is 0. The fourth-order valence-corrected chi connectivity index (χ4v) is 2.05. The molecule has 13 heavy (non-hydrogen) atoms. The van der Waals surface area contributed by atoms with Gasteiger partial charge < -0.3 is 10.6 Å². The average Bonchev–Trinajstić information content (AvgIpc) is 2.30. The lowest BCUT2D eigenvalue weighted by Gasteiger charge is -2.22. The molecule has 0 aromatic rings. The molecule has 1 saturated heterocycles. The van der Waals surface area contributed by atoms with Gasteiger partial charge in [0.1, 0.15) is 0 Å². The third-order valence-corrected chi connectivity index (χ3v) is 2.86. The van der Waals surface area contributed by atoms with Gasteiger partial charge in [-0.05, 0) is 19.1 Å². The maximum absolute atomic E-state index is 11.5. The van der Waals surface area contributed by atoms with Crippen LogP contribution in [-0.4, -0.2) is 41.9 Å². The summed E-state index contributed by atoms with van der Waals surface area (Å²) in [5.74, 6) is 0.831. The van der Waals surface area contributed by atoms with Crippen molar-refractivity contribution in [2.45, 2.75) is 25.3 Å². The van der Waals surface area contributed by atoms with Gasteiger partial charge in [0, 0.05) is 19.1 Å². The largest absolute Gasteiger partial charge is 0.340 e. The minimum Gasteiger partial charge on any atom is -0.340 e. The van der Waals surface area contributed by atoms with E-state index < -0.39 is 0 Å². The quantitative estimate of drug-likeness (QED) is 0.716. The number of nitrogens with two attached hydrogens (primary N) is 1.